The molecule has 21 heavy (non-hydrogen) atoms. The first-order chi connectivity index (χ1) is 10.2. The largest absolute Gasteiger partial charge is 0.486 e. The summed E-state index contributed by atoms with van der Waals surface area (Å²) in [5.41, 5.74) is 2.50. The van der Waals surface area contributed by atoms with E-state index in [1.807, 2.05) is 6.07 Å². The fourth-order valence-electron chi connectivity index (χ4n) is 2.34. The van der Waals surface area contributed by atoms with Crippen LogP contribution in [0.25, 0.3) is 0 Å². The number of hydrogen-bond donors (Lipinski definition) is 1. The first-order valence-electron chi connectivity index (χ1n) is 7.10. The number of halogens is 1. The van der Waals surface area contributed by atoms with Gasteiger partial charge in [-0.3, -0.25) is 0 Å². The molecule has 3 nitrogen and oxygen atoms in total. The van der Waals surface area contributed by atoms with Gasteiger partial charge in [-0.1, -0.05) is 18.2 Å². The van der Waals surface area contributed by atoms with Crippen molar-refractivity contribution in [2.45, 2.75) is 19.5 Å². The number of benzene rings is 2. The molecule has 1 atom stereocenters. The Labute approximate surface area is 138 Å². The number of fused-ring (bicyclic) bond motifs is 1. The lowest BCUT2D eigenvalue weighted by molar-refractivity contribution is 0.171. The Hall–Kier alpha value is -1.27. The third-order valence-corrected chi connectivity index (χ3v) is 4.31. The Kier molecular flexibility index (Phi) is 4.65. The van der Waals surface area contributed by atoms with E-state index in [4.69, 9.17) is 9.47 Å². The van der Waals surface area contributed by atoms with Gasteiger partial charge in [0.1, 0.15) is 13.2 Å². The van der Waals surface area contributed by atoms with Gasteiger partial charge < -0.3 is 14.8 Å². The summed E-state index contributed by atoms with van der Waals surface area (Å²) in [7, 11) is 0. The second-order valence-corrected chi connectivity index (χ2v) is 6.38. The highest BCUT2D eigenvalue weighted by atomic mass is 127. The fourth-order valence-corrected chi connectivity index (χ4v) is 2.70. The van der Waals surface area contributed by atoms with Crippen molar-refractivity contribution in [3.05, 3.63) is 57.2 Å². The molecule has 0 bridgehead atoms. The van der Waals surface area contributed by atoms with Crippen molar-refractivity contribution in [3.63, 3.8) is 0 Å². The Morgan fingerprint density at radius 1 is 1.05 bits per heavy atom. The summed E-state index contributed by atoms with van der Waals surface area (Å²) in [5, 5.41) is 3.54. The van der Waals surface area contributed by atoms with Crippen molar-refractivity contribution in [3.8, 4) is 11.5 Å². The van der Waals surface area contributed by atoms with Gasteiger partial charge in [0.05, 0.1) is 0 Å². The predicted molar refractivity (Wildman–Crippen MR) is 91.8 cm³/mol. The van der Waals surface area contributed by atoms with Gasteiger partial charge in [-0.2, -0.15) is 0 Å². The minimum absolute atomic E-state index is 0.315. The first kappa shape index (κ1) is 14.7. The zero-order valence-corrected chi connectivity index (χ0v) is 14.1. The second-order valence-electron chi connectivity index (χ2n) is 5.13. The molecule has 0 aromatic heterocycles. The lowest BCUT2D eigenvalue weighted by Crippen LogP contribution is -2.19. The average Bonchev–Trinajstić information content (AvgIpc) is 2.53. The molecule has 1 unspecified atom stereocenters. The highest BCUT2D eigenvalue weighted by Gasteiger charge is 2.12. The van der Waals surface area contributed by atoms with Crippen LogP contribution in [-0.2, 0) is 6.54 Å². The Balaban J connectivity index is 1.63. The highest BCUT2D eigenvalue weighted by molar-refractivity contribution is 14.1. The zero-order chi connectivity index (χ0) is 14.7. The molecule has 1 N–H and O–H groups in total. The Morgan fingerprint density at radius 2 is 1.76 bits per heavy atom. The molecule has 2 aromatic carbocycles. The maximum atomic E-state index is 5.62. The van der Waals surface area contributed by atoms with E-state index in [1.54, 1.807) is 0 Å². The van der Waals surface area contributed by atoms with Crippen LogP contribution in [0.2, 0.25) is 0 Å². The van der Waals surface area contributed by atoms with E-state index >= 15 is 0 Å². The molecule has 0 spiro atoms. The molecular weight excluding hydrogens is 377 g/mol. The summed E-state index contributed by atoms with van der Waals surface area (Å²) < 4.78 is 12.4. The van der Waals surface area contributed by atoms with Crippen LogP contribution in [0.5, 0.6) is 11.5 Å². The average molecular weight is 395 g/mol. The SMILES string of the molecule is CC(NCc1ccc2c(c1)OCCO2)c1ccc(I)cc1. The summed E-state index contributed by atoms with van der Waals surface area (Å²) in [5.74, 6) is 1.69. The van der Waals surface area contributed by atoms with E-state index in [1.165, 1.54) is 14.7 Å². The molecule has 3 rings (SSSR count). The molecule has 1 heterocycles. The summed E-state index contributed by atoms with van der Waals surface area (Å²) >= 11 is 2.32. The van der Waals surface area contributed by atoms with Gasteiger partial charge in [-0.25, -0.2) is 0 Å². The van der Waals surface area contributed by atoms with E-state index in [0.717, 1.165) is 18.0 Å². The fraction of sp³-hybridized carbons (Fsp3) is 0.294. The van der Waals surface area contributed by atoms with Crippen molar-refractivity contribution in [1.82, 2.24) is 5.32 Å². The van der Waals surface area contributed by atoms with E-state index in [2.05, 4.69) is 71.2 Å². The topological polar surface area (TPSA) is 30.5 Å². The van der Waals surface area contributed by atoms with Crippen LogP contribution in [0.1, 0.15) is 24.1 Å². The molecule has 0 aliphatic carbocycles. The van der Waals surface area contributed by atoms with E-state index in [-0.39, 0.29) is 0 Å². The molecule has 1 aliphatic heterocycles. The molecule has 0 saturated heterocycles. The summed E-state index contributed by atoms with van der Waals surface area (Å²) in [6.45, 7) is 4.25. The van der Waals surface area contributed by atoms with Crippen molar-refractivity contribution < 1.29 is 9.47 Å². The van der Waals surface area contributed by atoms with Gasteiger partial charge in [0, 0.05) is 16.2 Å². The van der Waals surface area contributed by atoms with Crippen LogP contribution in [0.15, 0.2) is 42.5 Å². The van der Waals surface area contributed by atoms with Crippen LogP contribution in [0.3, 0.4) is 0 Å². The summed E-state index contributed by atoms with van der Waals surface area (Å²) in [6, 6.07) is 15.1. The number of ether oxygens (including phenoxy) is 2. The van der Waals surface area contributed by atoms with Gasteiger partial charge in [0.25, 0.3) is 0 Å². The number of nitrogens with one attached hydrogen (secondary N) is 1. The molecule has 110 valence electrons. The lowest BCUT2D eigenvalue weighted by atomic mass is 10.1. The molecule has 0 saturated carbocycles. The van der Waals surface area contributed by atoms with Crippen molar-refractivity contribution in [2.75, 3.05) is 13.2 Å². The Morgan fingerprint density at radius 3 is 2.52 bits per heavy atom. The zero-order valence-electron chi connectivity index (χ0n) is 11.9. The van der Waals surface area contributed by atoms with Gasteiger partial charge in [0.2, 0.25) is 0 Å². The van der Waals surface area contributed by atoms with E-state index in [9.17, 15) is 0 Å². The smallest absolute Gasteiger partial charge is 0.161 e. The summed E-state index contributed by atoms with van der Waals surface area (Å²) in [4.78, 5) is 0. The summed E-state index contributed by atoms with van der Waals surface area (Å²) in [6.07, 6.45) is 0. The third-order valence-electron chi connectivity index (χ3n) is 3.59. The van der Waals surface area contributed by atoms with Crippen molar-refractivity contribution in [2.24, 2.45) is 0 Å². The van der Waals surface area contributed by atoms with Gasteiger partial charge in [-0.15, -0.1) is 0 Å². The first-order valence-corrected chi connectivity index (χ1v) is 8.17. The quantitative estimate of drug-likeness (QED) is 0.797. The van der Waals surface area contributed by atoms with Gasteiger partial charge >= 0.3 is 0 Å². The van der Waals surface area contributed by atoms with Gasteiger partial charge in [0.15, 0.2) is 11.5 Å². The molecule has 0 fully saturated rings. The normalized spacial score (nSPS) is 14.8. The molecular formula is C17H18INO2. The number of hydrogen-bond acceptors (Lipinski definition) is 3. The van der Waals surface area contributed by atoms with E-state index < -0.39 is 0 Å². The van der Waals surface area contributed by atoms with E-state index in [0.29, 0.717) is 19.3 Å². The van der Waals surface area contributed by atoms with Crippen molar-refractivity contribution >= 4 is 22.6 Å². The van der Waals surface area contributed by atoms with Gasteiger partial charge in [-0.05, 0) is 64.9 Å². The van der Waals surface area contributed by atoms with Crippen molar-refractivity contribution in [1.29, 1.82) is 0 Å². The maximum Gasteiger partial charge on any atom is 0.161 e. The van der Waals surface area contributed by atoms with Crippen LogP contribution < -0.4 is 14.8 Å². The van der Waals surface area contributed by atoms with Crippen LogP contribution in [-0.4, -0.2) is 13.2 Å². The highest BCUT2D eigenvalue weighted by Crippen LogP contribution is 2.30. The van der Waals surface area contributed by atoms with Crippen LogP contribution in [0.4, 0.5) is 0 Å². The molecule has 2 aromatic rings. The third kappa shape index (κ3) is 3.68. The monoisotopic (exact) mass is 395 g/mol. The second kappa shape index (κ2) is 6.66. The standard InChI is InChI=1S/C17H18INO2/c1-12(14-3-5-15(18)6-4-14)19-11-13-2-7-16-17(10-13)21-9-8-20-16/h2-7,10,12,19H,8-9,11H2,1H3. The maximum absolute atomic E-state index is 5.62. The minimum atomic E-state index is 0.315. The lowest BCUT2D eigenvalue weighted by Gasteiger charge is -2.20. The molecule has 0 amide bonds. The van der Waals surface area contributed by atoms with Crippen LogP contribution >= 0.6 is 22.6 Å². The molecule has 0 radical (unpaired) electrons. The van der Waals surface area contributed by atoms with Crippen LogP contribution in [0, 0.1) is 3.57 Å². The minimum Gasteiger partial charge on any atom is -0.486 e. The number of rotatable bonds is 4. The predicted octanol–water partition coefficient (Wildman–Crippen LogP) is 3.91. The molecule has 1 aliphatic rings. The molecule has 4 heteroatoms. The Bertz CT molecular complexity index is 613.